The number of rotatable bonds is 7. The number of benzene rings is 2. The van der Waals surface area contributed by atoms with Gasteiger partial charge in [0.1, 0.15) is 0 Å². The third-order valence-electron chi connectivity index (χ3n) is 4.10. The summed E-state index contributed by atoms with van der Waals surface area (Å²) in [6, 6.07) is 20.0. The second-order valence-corrected chi connectivity index (χ2v) is 7.13. The summed E-state index contributed by atoms with van der Waals surface area (Å²) in [5, 5.41) is 9.35. The van der Waals surface area contributed by atoms with Crippen molar-refractivity contribution in [3.63, 3.8) is 0 Å². The number of carbonyl (C=O) groups is 1. The summed E-state index contributed by atoms with van der Waals surface area (Å²) in [6.45, 7) is 0.631. The average molecular weight is 366 g/mol. The standard InChI is InChI=1S/C20H22N4OS/c1-23(15-16-9-5-3-6-10-16)18(25)13-14-26-20-22-21-19(24(20)2)17-11-7-4-8-12-17/h3-12H,13-15H2,1-2H3. The number of hydrogen-bond acceptors (Lipinski definition) is 4. The molecule has 0 aliphatic rings. The van der Waals surface area contributed by atoms with Gasteiger partial charge in [0.15, 0.2) is 11.0 Å². The maximum atomic E-state index is 12.3. The van der Waals surface area contributed by atoms with Gasteiger partial charge in [-0.05, 0) is 5.56 Å². The second-order valence-electron chi connectivity index (χ2n) is 6.07. The Morgan fingerprint density at radius 1 is 1.04 bits per heavy atom. The molecule has 6 heteroatoms. The van der Waals surface area contributed by atoms with Crippen LogP contribution in [0.15, 0.2) is 65.8 Å². The molecule has 0 unspecified atom stereocenters. The summed E-state index contributed by atoms with van der Waals surface area (Å²) in [7, 11) is 3.80. The third-order valence-corrected chi connectivity index (χ3v) is 5.12. The van der Waals surface area contributed by atoms with E-state index in [1.54, 1.807) is 16.7 Å². The molecule has 26 heavy (non-hydrogen) atoms. The zero-order valence-electron chi connectivity index (χ0n) is 15.0. The van der Waals surface area contributed by atoms with E-state index in [1.165, 1.54) is 0 Å². The molecule has 0 N–H and O–H groups in total. The van der Waals surface area contributed by atoms with Crippen molar-refractivity contribution in [1.29, 1.82) is 0 Å². The lowest BCUT2D eigenvalue weighted by Gasteiger charge is -2.17. The van der Waals surface area contributed by atoms with Crippen LogP contribution in [0.1, 0.15) is 12.0 Å². The Morgan fingerprint density at radius 2 is 1.69 bits per heavy atom. The van der Waals surface area contributed by atoms with Gasteiger partial charge < -0.3 is 9.47 Å². The SMILES string of the molecule is CN(Cc1ccccc1)C(=O)CCSc1nnc(-c2ccccc2)n1C. The van der Waals surface area contributed by atoms with Crippen LogP contribution in [-0.4, -0.2) is 38.4 Å². The Hall–Kier alpha value is -2.60. The molecule has 0 radical (unpaired) electrons. The van der Waals surface area contributed by atoms with E-state index in [0.29, 0.717) is 18.7 Å². The van der Waals surface area contributed by atoms with Gasteiger partial charge in [-0.15, -0.1) is 10.2 Å². The zero-order chi connectivity index (χ0) is 18.4. The minimum atomic E-state index is 0.131. The van der Waals surface area contributed by atoms with Crippen molar-refractivity contribution in [3.05, 3.63) is 66.2 Å². The predicted octanol–water partition coefficient (Wildman–Crippen LogP) is 3.62. The van der Waals surface area contributed by atoms with Crippen molar-refractivity contribution >= 4 is 17.7 Å². The van der Waals surface area contributed by atoms with Gasteiger partial charge in [-0.2, -0.15) is 0 Å². The van der Waals surface area contributed by atoms with Crippen molar-refractivity contribution in [1.82, 2.24) is 19.7 Å². The topological polar surface area (TPSA) is 51.0 Å². The smallest absolute Gasteiger partial charge is 0.223 e. The van der Waals surface area contributed by atoms with Crippen LogP contribution in [0.25, 0.3) is 11.4 Å². The lowest BCUT2D eigenvalue weighted by atomic mass is 10.2. The molecule has 1 heterocycles. The Balaban J connectivity index is 1.52. The fourth-order valence-corrected chi connectivity index (χ4v) is 3.48. The summed E-state index contributed by atoms with van der Waals surface area (Å²) in [4.78, 5) is 14.1. The highest BCUT2D eigenvalue weighted by Gasteiger charge is 2.13. The molecule has 2 aromatic carbocycles. The highest BCUT2D eigenvalue weighted by atomic mass is 32.2. The number of aromatic nitrogens is 3. The number of hydrogen-bond donors (Lipinski definition) is 0. The van der Waals surface area contributed by atoms with E-state index in [-0.39, 0.29) is 5.91 Å². The summed E-state index contributed by atoms with van der Waals surface area (Å²) < 4.78 is 1.97. The van der Waals surface area contributed by atoms with E-state index in [4.69, 9.17) is 0 Å². The van der Waals surface area contributed by atoms with Crippen molar-refractivity contribution in [2.75, 3.05) is 12.8 Å². The molecular weight excluding hydrogens is 344 g/mol. The molecule has 1 amide bonds. The number of carbonyl (C=O) groups excluding carboxylic acids is 1. The molecule has 3 aromatic rings. The quantitative estimate of drug-likeness (QED) is 0.599. The van der Waals surface area contributed by atoms with Crippen LogP contribution < -0.4 is 0 Å². The molecule has 0 atom stereocenters. The lowest BCUT2D eigenvalue weighted by molar-refractivity contribution is -0.129. The van der Waals surface area contributed by atoms with E-state index in [2.05, 4.69) is 10.2 Å². The van der Waals surface area contributed by atoms with Crippen LogP contribution in [0.5, 0.6) is 0 Å². The average Bonchev–Trinajstić information content (AvgIpc) is 3.04. The second kappa shape index (κ2) is 8.67. The number of thioether (sulfide) groups is 1. The Morgan fingerprint density at radius 3 is 2.38 bits per heavy atom. The van der Waals surface area contributed by atoms with Crippen molar-refractivity contribution in [2.45, 2.75) is 18.1 Å². The first kappa shape index (κ1) is 18.2. The van der Waals surface area contributed by atoms with Gasteiger partial charge in [0.05, 0.1) is 0 Å². The summed E-state index contributed by atoms with van der Waals surface area (Å²) >= 11 is 1.56. The normalized spacial score (nSPS) is 10.7. The van der Waals surface area contributed by atoms with E-state index >= 15 is 0 Å². The van der Waals surface area contributed by atoms with E-state index in [9.17, 15) is 4.79 Å². The summed E-state index contributed by atoms with van der Waals surface area (Å²) in [6.07, 6.45) is 0.474. The van der Waals surface area contributed by atoms with Gasteiger partial charge in [0.25, 0.3) is 0 Å². The molecule has 0 spiro atoms. The van der Waals surface area contributed by atoms with Crippen molar-refractivity contribution in [2.24, 2.45) is 7.05 Å². The van der Waals surface area contributed by atoms with E-state index in [1.807, 2.05) is 79.3 Å². The highest BCUT2D eigenvalue weighted by Crippen LogP contribution is 2.23. The van der Waals surface area contributed by atoms with Crippen molar-refractivity contribution in [3.8, 4) is 11.4 Å². The maximum absolute atomic E-state index is 12.3. The van der Waals surface area contributed by atoms with Gasteiger partial charge in [-0.1, -0.05) is 72.4 Å². The first-order valence-electron chi connectivity index (χ1n) is 8.50. The minimum Gasteiger partial charge on any atom is -0.341 e. The predicted molar refractivity (Wildman–Crippen MR) is 105 cm³/mol. The Bertz CT molecular complexity index is 849. The fraction of sp³-hybridized carbons (Fsp3) is 0.250. The highest BCUT2D eigenvalue weighted by molar-refractivity contribution is 7.99. The minimum absolute atomic E-state index is 0.131. The monoisotopic (exact) mass is 366 g/mol. The Labute approximate surface area is 158 Å². The maximum Gasteiger partial charge on any atom is 0.223 e. The molecule has 0 fully saturated rings. The zero-order valence-corrected chi connectivity index (χ0v) is 15.8. The number of amides is 1. The molecule has 134 valence electrons. The Kier molecular flexibility index (Phi) is 6.07. The van der Waals surface area contributed by atoms with Gasteiger partial charge in [-0.25, -0.2) is 0 Å². The summed E-state index contributed by atoms with van der Waals surface area (Å²) in [5.41, 5.74) is 2.17. The fourth-order valence-electron chi connectivity index (χ4n) is 2.65. The molecule has 0 bridgehead atoms. The first-order valence-corrected chi connectivity index (χ1v) is 9.49. The molecular formula is C20H22N4OS. The molecule has 0 saturated heterocycles. The van der Waals surface area contributed by atoms with Crippen LogP contribution in [0.2, 0.25) is 0 Å². The van der Waals surface area contributed by atoms with Gasteiger partial charge in [-0.3, -0.25) is 4.79 Å². The van der Waals surface area contributed by atoms with Crippen LogP contribution in [-0.2, 0) is 18.4 Å². The van der Waals surface area contributed by atoms with E-state index in [0.717, 1.165) is 22.1 Å². The van der Waals surface area contributed by atoms with Crippen LogP contribution in [0.3, 0.4) is 0 Å². The molecule has 1 aromatic heterocycles. The van der Waals surface area contributed by atoms with Gasteiger partial charge in [0, 0.05) is 38.4 Å². The number of nitrogens with zero attached hydrogens (tertiary/aromatic N) is 4. The molecule has 0 aliphatic heterocycles. The first-order chi connectivity index (χ1) is 12.6. The van der Waals surface area contributed by atoms with Gasteiger partial charge in [0.2, 0.25) is 5.91 Å². The molecule has 0 aliphatic carbocycles. The third kappa shape index (κ3) is 4.52. The molecule has 0 saturated carbocycles. The largest absolute Gasteiger partial charge is 0.341 e. The van der Waals surface area contributed by atoms with Gasteiger partial charge >= 0.3 is 0 Å². The van der Waals surface area contributed by atoms with Crippen LogP contribution >= 0.6 is 11.8 Å². The van der Waals surface area contributed by atoms with Crippen LogP contribution in [0.4, 0.5) is 0 Å². The molecule has 3 rings (SSSR count). The lowest BCUT2D eigenvalue weighted by Crippen LogP contribution is -2.26. The van der Waals surface area contributed by atoms with Crippen LogP contribution in [0, 0.1) is 0 Å². The van der Waals surface area contributed by atoms with E-state index < -0.39 is 0 Å². The summed E-state index contributed by atoms with van der Waals surface area (Å²) in [5.74, 6) is 1.64. The van der Waals surface area contributed by atoms with Crippen molar-refractivity contribution < 1.29 is 4.79 Å². The molecule has 5 nitrogen and oxygen atoms in total.